The number of rotatable bonds is 7. The van der Waals surface area contributed by atoms with E-state index in [9.17, 15) is 18.0 Å². The third-order valence-corrected chi connectivity index (χ3v) is 7.05. The average molecular weight is 559 g/mol. The summed E-state index contributed by atoms with van der Waals surface area (Å²) in [6.45, 7) is 8.45. The van der Waals surface area contributed by atoms with Crippen molar-refractivity contribution in [2.45, 2.75) is 57.3 Å². The number of nitrogens with two attached hydrogens (primary N) is 1. The Morgan fingerprint density at radius 1 is 1.22 bits per heavy atom. The van der Waals surface area contributed by atoms with Crippen molar-refractivity contribution in [1.29, 1.82) is 0 Å². The summed E-state index contributed by atoms with van der Waals surface area (Å²) < 4.78 is 31.7. The smallest absolute Gasteiger partial charge is 0.475 e. The summed E-state index contributed by atoms with van der Waals surface area (Å²) in [6, 6.07) is 15.6. The normalized spacial score (nSPS) is 22.6. The summed E-state index contributed by atoms with van der Waals surface area (Å²) in [5.74, 6) is -2.54. The third kappa shape index (κ3) is 7.49. The van der Waals surface area contributed by atoms with Crippen LogP contribution in [0.2, 0.25) is 10.0 Å². The van der Waals surface area contributed by atoms with Gasteiger partial charge in [-0.05, 0) is 54.7 Å². The van der Waals surface area contributed by atoms with Gasteiger partial charge < -0.3 is 15.7 Å². The molecule has 0 bridgehead atoms. The molecular weight excluding hydrogens is 528 g/mol. The van der Waals surface area contributed by atoms with Gasteiger partial charge in [-0.15, -0.1) is 6.58 Å². The maximum atomic E-state index is 13.9. The maximum Gasteiger partial charge on any atom is 0.490 e. The number of carbonyl (C=O) groups excluding carboxylic acids is 1. The van der Waals surface area contributed by atoms with Crippen molar-refractivity contribution in [2.75, 3.05) is 6.54 Å². The first-order valence-corrected chi connectivity index (χ1v) is 12.5. The number of hydrogen-bond donors (Lipinski definition) is 2. The van der Waals surface area contributed by atoms with Crippen LogP contribution in [-0.2, 0) is 9.59 Å². The molecule has 0 saturated carbocycles. The predicted octanol–water partition coefficient (Wildman–Crippen LogP) is 7.00. The standard InChI is InChI=1S/C25H30Cl2N2O.C2HF3O2/c1-4-13-25(3)15-22(18-7-6-8-20(27)14-18)23(17-9-11-19(26)12-10-17)29(24(25)30)21(5-2)16-28;3-2(4,5)1(6)7/h4,6-12,14,21-23H,1,5,13,15-16,28H2,2-3H3;(H,6,7)/t21?,22-,23-,25+;/m1./s1. The van der Waals surface area contributed by atoms with E-state index >= 15 is 0 Å². The highest BCUT2D eigenvalue weighted by Gasteiger charge is 2.50. The van der Waals surface area contributed by atoms with Crippen LogP contribution in [0.15, 0.2) is 61.2 Å². The minimum atomic E-state index is -5.08. The summed E-state index contributed by atoms with van der Waals surface area (Å²) in [6.07, 6.45) is -1.12. The SMILES string of the molecule is C=CC[C@@]1(C)C[C@H](c2cccc(Cl)c2)[C@@H](c2ccc(Cl)cc2)N(C(CC)CN)C1=O.O=C(O)C(F)(F)F. The first-order chi connectivity index (χ1) is 17.3. The van der Waals surface area contributed by atoms with E-state index in [2.05, 4.69) is 19.6 Å². The zero-order chi connectivity index (χ0) is 28.0. The van der Waals surface area contributed by atoms with Gasteiger partial charge in [-0.25, -0.2) is 4.79 Å². The summed E-state index contributed by atoms with van der Waals surface area (Å²) in [5.41, 5.74) is 7.80. The van der Waals surface area contributed by atoms with Crippen molar-refractivity contribution in [3.8, 4) is 0 Å². The Morgan fingerprint density at radius 2 is 1.81 bits per heavy atom. The molecule has 1 aliphatic rings. The molecular formula is C27H31Cl2F3N2O3. The second-order valence-corrected chi connectivity index (χ2v) is 10.1. The van der Waals surface area contributed by atoms with Gasteiger partial charge in [0.1, 0.15) is 0 Å². The number of allylic oxidation sites excluding steroid dienone is 1. The van der Waals surface area contributed by atoms with Gasteiger partial charge in [-0.1, -0.05) is 67.4 Å². The molecule has 37 heavy (non-hydrogen) atoms. The van der Waals surface area contributed by atoms with Crippen LogP contribution in [0.4, 0.5) is 13.2 Å². The lowest BCUT2D eigenvalue weighted by Gasteiger charge is -2.52. The van der Waals surface area contributed by atoms with Crippen molar-refractivity contribution >= 4 is 35.1 Å². The van der Waals surface area contributed by atoms with Gasteiger partial charge in [0, 0.05) is 28.5 Å². The van der Waals surface area contributed by atoms with E-state index < -0.39 is 17.6 Å². The molecule has 1 heterocycles. The lowest BCUT2D eigenvalue weighted by molar-refractivity contribution is -0.192. The number of alkyl halides is 3. The Hall–Kier alpha value is -2.55. The number of likely N-dealkylation sites (tertiary alicyclic amines) is 1. The largest absolute Gasteiger partial charge is 0.490 e. The number of piperidine rings is 1. The number of aliphatic carboxylic acids is 1. The zero-order valence-corrected chi connectivity index (χ0v) is 22.2. The Labute approximate surface area is 225 Å². The van der Waals surface area contributed by atoms with E-state index in [0.717, 1.165) is 17.5 Å². The van der Waals surface area contributed by atoms with Crippen molar-refractivity contribution < 1.29 is 27.9 Å². The molecule has 1 aliphatic heterocycles. The van der Waals surface area contributed by atoms with Gasteiger partial charge in [0.2, 0.25) is 5.91 Å². The fraction of sp³-hybridized carbons (Fsp3) is 0.407. The summed E-state index contributed by atoms with van der Waals surface area (Å²) >= 11 is 12.5. The molecule has 4 atom stereocenters. The van der Waals surface area contributed by atoms with Crippen LogP contribution in [0.5, 0.6) is 0 Å². The second kappa shape index (κ2) is 12.8. The average Bonchev–Trinajstić information content (AvgIpc) is 2.83. The van der Waals surface area contributed by atoms with E-state index in [0.29, 0.717) is 29.4 Å². The number of carboxylic acid groups (broad SMARTS) is 1. The lowest BCUT2D eigenvalue weighted by Crippen LogP contribution is -2.57. The minimum Gasteiger partial charge on any atom is -0.475 e. The Bertz CT molecular complexity index is 1090. The monoisotopic (exact) mass is 558 g/mol. The van der Waals surface area contributed by atoms with E-state index in [1.165, 1.54) is 0 Å². The van der Waals surface area contributed by atoms with Gasteiger partial charge in [0.05, 0.1) is 11.5 Å². The van der Waals surface area contributed by atoms with Crippen LogP contribution in [0.1, 0.15) is 56.2 Å². The van der Waals surface area contributed by atoms with Gasteiger partial charge in [-0.3, -0.25) is 4.79 Å². The maximum absolute atomic E-state index is 13.9. The Balaban J connectivity index is 0.000000604. The molecule has 10 heteroatoms. The highest BCUT2D eigenvalue weighted by atomic mass is 35.5. The number of carboxylic acids is 1. The van der Waals surface area contributed by atoms with E-state index in [4.69, 9.17) is 38.8 Å². The Kier molecular flexibility index (Phi) is 10.6. The van der Waals surface area contributed by atoms with Gasteiger partial charge in [-0.2, -0.15) is 13.2 Å². The molecule has 3 N–H and O–H groups in total. The van der Waals surface area contributed by atoms with Crippen LogP contribution < -0.4 is 5.73 Å². The number of benzene rings is 2. The zero-order valence-electron chi connectivity index (χ0n) is 20.6. The van der Waals surface area contributed by atoms with Gasteiger partial charge in [0.25, 0.3) is 0 Å². The molecule has 0 spiro atoms. The Morgan fingerprint density at radius 3 is 2.27 bits per heavy atom. The predicted molar refractivity (Wildman–Crippen MR) is 140 cm³/mol. The number of halogens is 5. The molecule has 1 saturated heterocycles. The number of hydrogen-bond acceptors (Lipinski definition) is 3. The van der Waals surface area contributed by atoms with Crippen molar-refractivity contribution in [1.82, 2.24) is 4.90 Å². The van der Waals surface area contributed by atoms with Gasteiger partial charge >= 0.3 is 12.1 Å². The molecule has 2 aromatic carbocycles. The highest BCUT2D eigenvalue weighted by Crippen LogP contribution is 2.52. The number of carbonyl (C=O) groups is 2. The highest BCUT2D eigenvalue weighted by molar-refractivity contribution is 6.30. The van der Waals surface area contributed by atoms with Crippen LogP contribution in [0, 0.1) is 5.41 Å². The molecule has 0 radical (unpaired) electrons. The molecule has 0 aliphatic carbocycles. The van der Waals surface area contributed by atoms with Crippen LogP contribution in [-0.4, -0.2) is 40.6 Å². The van der Waals surface area contributed by atoms with E-state index in [1.807, 2.05) is 60.4 Å². The van der Waals surface area contributed by atoms with E-state index in [-0.39, 0.29) is 23.9 Å². The minimum absolute atomic E-state index is 0.0516. The van der Waals surface area contributed by atoms with Crippen LogP contribution in [0.3, 0.4) is 0 Å². The van der Waals surface area contributed by atoms with Crippen molar-refractivity contribution in [3.05, 3.63) is 82.4 Å². The number of amides is 1. The molecule has 0 aromatic heterocycles. The van der Waals surface area contributed by atoms with Crippen molar-refractivity contribution in [3.63, 3.8) is 0 Å². The fourth-order valence-corrected chi connectivity index (χ4v) is 5.09. The fourth-order valence-electron chi connectivity index (χ4n) is 4.77. The van der Waals surface area contributed by atoms with Crippen molar-refractivity contribution in [2.24, 2.45) is 11.1 Å². The molecule has 2 aromatic rings. The summed E-state index contributed by atoms with van der Waals surface area (Å²) in [5, 5.41) is 8.50. The topological polar surface area (TPSA) is 83.6 Å². The molecule has 1 fully saturated rings. The van der Waals surface area contributed by atoms with Crippen LogP contribution in [0.25, 0.3) is 0 Å². The first-order valence-electron chi connectivity index (χ1n) is 11.7. The second-order valence-electron chi connectivity index (χ2n) is 9.23. The molecule has 1 amide bonds. The number of nitrogens with zero attached hydrogens (tertiary/aromatic N) is 1. The summed E-state index contributed by atoms with van der Waals surface area (Å²) in [7, 11) is 0. The van der Waals surface area contributed by atoms with Gasteiger partial charge in [0.15, 0.2) is 0 Å². The molecule has 3 rings (SSSR count). The third-order valence-electron chi connectivity index (χ3n) is 6.56. The first kappa shape index (κ1) is 30.7. The van der Waals surface area contributed by atoms with E-state index in [1.54, 1.807) is 0 Å². The molecule has 202 valence electrons. The quantitative estimate of drug-likeness (QED) is 0.358. The summed E-state index contributed by atoms with van der Waals surface area (Å²) in [4.78, 5) is 24.8. The molecule has 5 nitrogen and oxygen atoms in total. The lowest BCUT2D eigenvalue weighted by atomic mass is 9.67. The molecule has 1 unspecified atom stereocenters. The van der Waals surface area contributed by atoms with Crippen LogP contribution >= 0.6 is 23.2 Å².